The second-order valence-electron chi connectivity index (χ2n) is 14.4. The van der Waals surface area contributed by atoms with Gasteiger partial charge in [0.25, 0.3) is 0 Å². The van der Waals surface area contributed by atoms with Crippen LogP contribution in [0.1, 0.15) is 51.0 Å². The maximum absolute atomic E-state index is 17.1. The van der Waals surface area contributed by atoms with Gasteiger partial charge in [-0.05, 0) is 98.4 Å². The van der Waals surface area contributed by atoms with E-state index in [4.69, 9.17) is 25.2 Å². The van der Waals surface area contributed by atoms with Crippen molar-refractivity contribution < 1.29 is 32.5 Å². The Labute approximate surface area is 289 Å². The Morgan fingerprint density at radius 1 is 1.14 bits per heavy atom. The van der Waals surface area contributed by atoms with Gasteiger partial charge in [-0.25, -0.2) is 18.0 Å². The molecule has 1 amide bonds. The van der Waals surface area contributed by atoms with Crippen molar-refractivity contribution in [3.05, 3.63) is 47.7 Å². The molecule has 3 fully saturated rings. The number of amides is 1. The highest BCUT2D eigenvalue weighted by molar-refractivity contribution is 6.42. The molecule has 6 bridgehead atoms. The van der Waals surface area contributed by atoms with Gasteiger partial charge in [0, 0.05) is 24.7 Å². The lowest BCUT2D eigenvalue weighted by molar-refractivity contribution is 0.107. The first kappa shape index (κ1) is 32.9. The summed E-state index contributed by atoms with van der Waals surface area (Å²) < 4.78 is 60.3. The van der Waals surface area contributed by atoms with Crippen LogP contribution in [0, 0.1) is 11.6 Å². The Bertz CT molecular complexity index is 2030. The molecule has 2 N–H and O–H groups in total. The van der Waals surface area contributed by atoms with Crippen molar-refractivity contribution in [2.24, 2.45) is 0 Å². The van der Waals surface area contributed by atoms with Gasteiger partial charge in [-0.1, -0.05) is 6.07 Å². The monoisotopic (exact) mass is 682 g/mol. The van der Waals surface area contributed by atoms with Gasteiger partial charge in [0.2, 0.25) is 0 Å². The normalized spacial score (nSPS) is 24.7. The number of carbonyl (C=O) groups is 1. The third kappa shape index (κ3) is 5.39. The first-order chi connectivity index (χ1) is 23.9. The molecule has 50 heavy (non-hydrogen) atoms. The summed E-state index contributed by atoms with van der Waals surface area (Å²) in [4.78, 5) is 30.4. The summed E-state index contributed by atoms with van der Waals surface area (Å²) in [6.45, 7) is 3.58. The molecule has 2 atom stereocenters. The largest absolute Gasteiger partial charge is 0.508 e. The molecule has 5 aliphatic rings. The van der Waals surface area contributed by atoms with E-state index in [-0.39, 0.29) is 89.9 Å². The van der Waals surface area contributed by atoms with Crippen molar-refractivity contribution in [2.45, 2.75) is 74.5 Å². The van der Waals surface area contributed by atoms with E-state index in [1.54, 1.807) is 6.92 Å². The number of piperidine rings is 1. The van der Waals surface area contributed by atoms with E-state index in [0.717, 1.165) is 38.8 Å². The first-order valence-electron chi connectivity index (χ1n) is 17.0. The average Bonchev–Trinajstić information content (AvgIpc) is 3.65. The van der Waals surface area contributed by atoms with Crippen LogP contribution < -0.4 is 15.0 Å². The second-order valence-corrected chi connectivity index (χ2v) is 14.4. The van der Waals surface area contributed by atoms with Crippen molar-refractivity contribution in [3.63, 3.8) is 0 Å². The highest BCUT2D eigenvalue weighted by Gasteiger charge is 2.49. The topological polar surface area (TPSA) is 113 Å². The Balaban J connectivity index is 1.36. The minimum absolute atomic E-state index is 0.0410. The molecule has 2 unspecified atom stereocenters. The van der Waals surface area contributed by atoms with Gasteiger partial charge >= 0.3 is 12.1 Å². The number of aryl methyl sites for hydroxylation is 1. The lowest BCUT2D eigenvalue weighted by Crippen LogP contribution is -2.70. The number of halogens is 3. The van der Waals surface area contributed by atoms with E-state index >= 15 is 13.2 Å². The molecule has 5 aliphatic heterocycles. The lowest BCUT2D eigenvalue weighted by atomic mass is 9.54. The third-order valence-corrected chi connectivity index (χ3v) is 10.9. The predicted octanol–water partition coefficient (Wildman–Crippen LogP) is 4.81. The Morgan fingerprint density at radius 2 is 1.92 bits per heavy atom. The van der Waals surface area contributed by atoms with E-state index in [9.17, 15) is 9.90 Å². The molecule has 10 nitrogen and oxygen atoms in total. The molecule has 4 radical (unpaired) electrons. The molecule has 0 spiro atoms. The number of phenolic OH excluding ortho intramolecular Hbond substituents is 1. The van der Waals surface area contributed by atoms with Crippen LogP contribution >= 0.6 is 0 Å². The molecule has 4 aromatic rings. The number of fused-ring (bicyclic) bond motifs is 7. The minimum Gasteiger partial charge on any atom is -0.508 e. The molecule has 7 heterocycles. The van der Waals surface area contributed by atoms with E-state index in [2.05, 4.69) is 25.2 Å². The van der Waals surface area contributed by atoms with Gasteiger partial charge in [-0.15, -0.1) is 0 Å². The standard InChI is InChI=1S/C35H35B2F3N6O4/c1-33-15-25(39)35(36,37)46(17-33)30-23-16-41-28(27(40)29(23)42-31(43-30)50-18-34-8-3-10-45(34)11-4-9-34)22-14-20(47)13-19-6-7-24(38)21(26(19)22)5-2-12-49-32(48)44-33/h6-7,13-14,16,25,47H,2-5,8-12,15,17-18H2,1H3,(H,44,48). The number of aromatic nitrogens is 3. The minimum atomic E-state index is -2.14. The molecule has 0 aliphatic carbocycles. The van der Waals surface area contributed by atoms with Crippen LogP contribution in [-0.4, -0.2) is 102 Å². The number of phenols is 1. The SMILES string of the molecule is [B]C1([B])C(F)CC2(C)CN1c1nc(OCC34CCCN3CCC4)nc3c(F)c(ncc13)-c1cc(O)cc3ccc(F)c(c13)CCCOC(=O)N2. The van der Waals surface area contributed by atoms with Crippen molar-refractivity contribution in [2.75, 3.05) is 37.7 Å². The van der Waals surface area contributed by atoms with Crippen molar-refractivity contribution in [3.8, 4) is 23.0 Å². The van der Waals surface area contributed by atoms with E-state index in [1.165, 1.54) is 35.4 Å². The summed E-state index contributed by atoms with van der Waals surface area (Å²) >= 11 is 0. The van der Waals surface area contributed by atoms with Crippen LogP contribution in [0.5, 0.6) is 11.8 Å². The zero-order chi connectivity index (χ0) is 35.0. The lowest BCUT2D eigenvalue weighted by Gasteiger charge is -2.53. The number of pyridine rings is 1. The molecule has 2 aromatic heterocycles. The van der Waals surface area contributed by atoms with Gasteiger partial charge in [-0.3, -0.25) is 9.88 Å². The molecule has 256 valence electrons. The highest BCUT2D eigenvalue weighted by Crippen LogP contribution is 2.43. The molecule has 9 rings (SSSR count). The maximum atomic E-state index is 17.1. The highest BCUT2D eigenvalue weighted by atomic mass is 19.1. The van der Waals surface area contributed by atoms with E-state index in [1.807, 2.05) is 0 Å². The maximum Gasteiger partial charge on any atom is 0.407 e. The van der Waals surface area contributed by atoms with Crippen molar-refractivity contribution >= 4 is 49.3 Å². The smallest absolute Gasteiger partial charge is 0.407 e. The third-order valence-electron chi connectivity index (χ3n) is 10.9. The van der Waals surface area contributed by atoms with Gasteiger partial charge in [0.05, 0.1) is 38.8 Å². The Morgan fingerprint density at radius 3 is 2.70 bits per heavy atom. The molecule has 0 saturated carbocycles. The number of benzene rings is 2. The van der Waals surface area contributed by atoms with Crippen molar-refractivity contribution in [1.82, 2.24) is 25.2 Å². The molecule has 15 heteroatoms. The van der Waals surface area contributed by atoms with Gasteiger partial charge in [0.15, 0.2) is 5.82 Å². The summed E-state index contributed by atoms with van der Waals surface area (Å²) in [7, 11) is 12.9. The van der Waals surface area contributed by atoms with Gasteiger partial charge in [0.1, 0.15) is 41.4 Å². The number of alkyl halides is 1. The fourth-order valence-corrected chi connectivity index (χ4v) is 8.39. The molecule has 2 aromatic carbocycles. The average molecular weight is 682 g/mol. The van der Waals surface area contributed by atoms with Crippen LogP contribution in [0.4, 0.5) is 23.8 Å². The second kappa shape index (κ2) is 11.9. The number of nitrogens with one attached hydrogen (secondary N) is 1. The first-order valence-corrected chi connectivity index (χ1v) is 17.0. The summed E-state index contributed by atoms with van der Waals surface area (Å²) in [5, 5.41) is 12.2. The number of alkyl carbamates (subject to hydrolysis) is 1. The van der Waals surface area contributed by atoms with Gasteiger partial charge < -0.3 is 24.8 Å². The Hall–Kier alpha value is -4.26. The van der Waals surface area contributed by atoms with Crippen LogP contribution in [0.3, 0.4) is 0 Å². The van der Waals surface area contributed by atoms with E-state index < -0.39 is 34.8 Å². The van der Waals surface area contributed by atoms with Crippen LogP contribution in [0.15, 0.2) is 30.5 Å². The zero-order valence-corrected chi connectivity index (χ0v) is 27.6. The summed E-state index contributed by atoms with van der Waals surface area (Å²) in [6.07, 6.45) is 2.65. The summed E-state index contributed by atoms with van der Waals surface area (Å²) in [5.74, 6) is -1.66. The molecule has 3 saturated heterocycles. The van der Waals surface area contributed by atoms with E-state index in [0.29, 0.717) is 10.8 Å². The number of ether oxygens (including phenoxy) is 2. The number of rotatable bonds is 3. The summed E-state index contributed by atoms with van der Waals surface area (Å²) in [5.41, 5.74) is -1.50. The predicted molar refractivity (Wildman–Crippen MR) is 182 cm³/mol. The molecular formula is C35H35B2F3N6O4. The number of nitrogens with zero attached hydrogens (tertiary/aromatic N) is 5. The molecular weight excluding hydrogens is 647 g/mol. The quantitative estimate of drug-likeness (QED) is 0.294. The van der Waals surface area contributed by atoms with Crippen LogP contribution in [-0.2, 0) is 11.2 Å². The summed E-state index contributed by atoms with van der Waals surface area (Å²) in [6, 6.07) is 5.37. The number of anilines is 1. The number of carbonyl (C=O) groups excluding carboxylic acids is 1. The fraction of sp³-hybridized carbons (Fsp3) is 0.486. The van der Waals surface area contributed by atoms with Crippen molar-refractivity contribution in [1.29, 1.82) is 0 Å². The zero-order valence-electron chi connectivity index (χ0n) is 27.6. The Kier molecular flexibility index (Phi) is 7.85. The number of hydrogen-bond donors (Lipinski definition) is 2. The van der Waals surface area contributed by atoms with Gasteiger partial charge in [-0.2, -0.15) is 9.97 Å². The van der Waals surface area contributed by atoms with Crippen LogP contribution in [0.2, 0.25) is 0 Å². The number of aromatic hydroxyl groups is 1. The van der Waals surface area contributed by atoms with Crippen LogP contribution in [0.25, 0.3) is 32.9 Å². The number of hydrogen-bond acceptors (Lipinski definition) is 9. The fourth-order valence-electron chi connectivity index (χ4n) is 8.39.